The largest absolute Gasteiger partial charge is 0.418 e. The highest BCUT2D eigenvalue weighted by Gasteiger charge is 2.53. The molecule has 2 aromatic rings. The number of azo groups is 1. The molecule has 1 aromatic heterocycles. The lowest BCUT2D eigenvalue weighted by Gasteiger charge is -2.47. The number of ketones is 1. The van der Waals surface area contributed by atoms with Gasteiger partial charge in [-0.05, 0) is 41.5 Å². The molecule has 1 aromatic carbocycles. The molecule has 0 spiro atoms. The summed E-state index contributed by atoms with van der Waals surface area (Å²) in [5.74, 6) is 0.0892. The zero-order valence-electron chi connectivity index (χ0n) is 19.9. The van der Waals surface area contributed by atoms with Gasteiger partial charge in [-0.2, -0.15) is 23.4 Å². The number of nitrogens with one attached hydrogen (secondary N) is 1. The van der Waals surface area contributed by atoms with Gasteiger partial charge in [0.05, 0.1) is 22.9 Å². The standard InChI is InChI=1S/C27H27F3N4O/c1-4-26(19-15-32-34-24(19)33-21-13-25(2,3)14-22(35)23(21)26)17-8-5-7-16(11-17)12-20-18(27(28,29)30)9-6-10-31-20/h5-11,15,24,33H,4,12-14H2,1-3H3. The number of Topliss-reactive ketones (excluding diaryl/α,β-unsaturated/α-hetero) is 1. The third-order valence-electron chi connectivity index (χ3n) is 7.30. The van der Waals surface area contributed by atoms with Crippen molar-refractivity contribution in [1.82, 2.24) is 10.3 Å². The van der Waals surface area contributed by atoms with Gasteiger partial charge in [0.15, 0.2) is 11.9 Å². The smallest absolute Gasteiger partial charge is 0.362 e. The highest BCUT2D eigenvalue weighted by atomic mass is 19.4. The minimum atomic E-state index is -4.48. The summed E-state index contributed by atoms with van der Waals surface area (Å²) in [5.41, 5.74) is 2.43. The van der Waals surface area contributed by atoms with Gasteiger partial charge in [0, 0.05) is 35.9 Å². The monoisotopic (exact) mass is 480 g/mol. The van der Waals surface area contributed by atoms with E-state index in [-0.39, 0.29) is 29.5 Å². The van der Waals surface area contributed by atoms with Gasteiger partial charge in [-0.15, -0.1) is 0 Å². The van der Waals surface area contributed by atoms with Gasteiger partial charge in [0.1, 0.15) is 0 Å². The van der Waals surface area contributed by atoms with Crippen LogP contribution in [0, 0.1) is 5.41 Å². The van der Waals surface area contributed by atoms with Gasteiger partial charge >= 0.3 is 6.18 Å². The molecule has 5 rings (SSSR count). The summed E-state index contributed by atoms with van der Waals surface area (Å²) < 4.78 is 40.7. The van der Waals surface area contributed by atoms with E-state index in [2.05, 4.69) is 34.4 Å². The number of nitrogens with zero attached hydrogens (tertiary/aromatic N) is 3. The lowest BCUT2D eigenvalue weighted by Crippen LogP contribution is -2.51. The average molecular weight is 481 g/mol. The fraction of sp³-hybridized carbons (Fsp3) is 0.407. The maximum absolute atomic E-state index is 13.6. The summed E-state index contributed by atoms with van der Waals surface area (Å²) in [6.07, 6.45) is 0.0662. The number of benzene rings is 1. The van der Waals surface area contributed by atoms with E-state index in [1.165, 1.54) is 12.3 Å². The molecule has 1 N–H and O–H groups in total. The first-order chi connectivity index (χ1) is 16.5. The second-order valence-corrected chi connectivity index (χ2v) is 10.3. The molecule has 35 heavy (non-hydrogen) atoms. The molecular weight excluding hydrogens is 453 g/mol. The van der Waals surface area contributed by atoms with E-state index >= 15 is 0 Å². The second kappa shape index (κ2) is 8.14. The molecule has 0 fully saturated rings. The number of fused-ring (bicyclic) bond motifs is 1. The van der Waals surface area contributed by atoms with Crippen LogP contribution >= 0.6 is 0 Å². The van der Waals surface area contributed by atoms with Crippen molar-refractivity contribution in [3.05, 3.63) is 88.0 Å². The minimum Gasteiger partial charge on any atom is -0.362 e. The number of alkyl halides is 3. The Morgan fingerprint density at radius 3 is 2.69 bits per heavy atom. The molecule has 0 bridgehead atoms. The number of carbonyl (C=O) groups is 1. The van der Waals surface area contributed by atoms with Crippen LogP contribution < -0.4 is 5.32 Å². The van der Waals surface area contributed by atoms with Crippen molar-refractivity contribution in [2.75, 3.05) is 0 Å². The fourth-order valence-electron chi connectivity index (χ4n) is 5.87. The van der Waals surface area contributed by atoms with Crippen molar-refractivity contribution in [1.29, 1.82) is 0 Å². The molecule has 0 saturated heterocycles. The number of pyridine rings is 1. The highest BCUT2D eigenvalue weighted by molar-refractivity contribution is 6.01. The molecule has 3 heterocycles. The fourth-order valence-corrected chi connectivity index (χ4v) is 5.87. The van der Waals surface area contributed by atoms with Gasteiger partial charge in [-0.1, -0.05) is 45.0 Å². The third kappa shape index (κ3) is 3.89. The van der Waals surface area contributed by atoms with Crippen molar-refractivity contribution in [2.45, 2.75) is 64.2 Å². The summed E-state index contributed by atoms with van der Waals surface area (Å²) in [4.78, 5) is 17.6. The first-order valence-corrected chi connectivity index (χ1v) is 11.8. The Morgan fingerprint density at radius 2 is 1.94 bits per heavy atom. The van der Waals surface area contributed by atoms with Crippen LogP contribution in [-0.4, -0.2) is 16.9 Å². The molecule has 5 nitrogen and oxygen atoms in total. The lowest BCUT2D eigenvalue weighted by molar-refractivity contribution is -0.138. The summed E-state index contributed by atoms with van der Waals surface area (Å²) >= 11 is 0. The molecule has 0 radical (unpaired) electrons. The number of hydrogen-bond acceptors (Lipinski definition) is 5. The summed E-state index contributed by atoms with van der Waals surface area (Å²) in [6, 6.07) is 9.87. The number of hydrogen-bond donors (Lipinski definition) is 1. The molecular formula is C27H27F3N4O. The van der Waals surface area contributed by atoms with Crippen LogP contribution in [0.4, 0.5) is 13.2 Å². The lowest BCUT2D eigenvalue weighted by atomic mass is 9.58. The zero-order chi connectivity index (χ0) is 25.0. The first-order valence-electron chi connectivity index (χ1n) is 11.8. The van der Waals surface area contributed by atoms with Crippen LogP contribution in [0.3, 0.4) is 0 Å². The molecule has 2 aliphatic heterocycles. The Labute approximate surface area is 202 Å². The minimum absolute atomic E-state index is 0.0219. The van der Waals surface area contributed by atoms with Crippen molar-refractivity contribution < 1.29 is 18.0 Å². The molecule has 0 amide bonds. The summed E-state index contributed by atoms with van der Waals surface area (Å²) in [7, 11) is 0. The highest BCUT2D eigenvalue weighted by Crippen LogP contribution is 2.53. The SMILES string of the molecule is CCC1(c2cccc(Cc3ncccc3C(F)(F)F)c2)C2=CN=NC2NC2=C1C(=O)CC(C)(C)C2. The number of halogens is 3. The Morgan fingerprint density at radius 1 is 1.14 bits per heavy atom. The second-order valence-electron chi connectivity index (χ2n) is 10.3. The van der Waals surface area contributed by atoms with Gasteiger partial charge in [0.2, 0.25) is 0 Å². The van der Waals surface area contributed by atoms with Crippen LogP contribution in [0.2, 0.25) is 0 Å². The van der Waals surface area contributed by atoms with Crippen molar-refractivity contribution in [3.8, 4) is 0 Å². The Hall–Kier alpha value is -3.29. The quantitative estimate of drug-likeness (QED) is 0.562. The van der Waals surface area contributed by atoms with Crippen molar-refractivity contribution >= 4 is 5.78 Å². The van der Waals surface area contributed by atoms with Crippen molar-refractivity contribution in [2.24, 2.45) is 15.6 Å². The van der Waals surface area contributed by atoms with E-state index in [0.717, 1.165) is 34.9 Å². The number of allylic oxidation sites excluding steroid dienone is 2. The van der Waals surface area contributed by atoms with E-state index in [0.29, 0.717) is 18.4 Å². The normalized spacial score (nSPS) is 25.1. The van der Waals surface area contributed by atoms with Crippen molar-refractivity contribution in [3.63, 3.8) is 0 Å². The van der Waals surface area contributed by atoms with E-state index in [1.54, 1.807) is 12.3 Å². The van der Waals surface area contributed by atoms with E-state index in [9.17, 15) is 18.0 Å². The van der Waals surface area contributed by atoms with Crippen LogP contribution in [0.1, 0.15) is 62.4 Å². The van der Waals surface area contributed by atoms with Gasteiger partial charge in [-0.3, -0.25) is 9.78 Å². The van der Waals surface area contributed by atoms with Gasteiger partial charge in [-0.25, -0.2) is 0 Å². The Kier molecular flexibility index (Phi) is 5.45. The molecule has 3 aliphatic rings. The average Bonchev–Trinajstić information content (AvgIpc) is 3.25. The van der Waals surface area contributed by atoms with Crippen LogP contribution in [0.5, 0.6) is 0 Å². The topological polar surface area (TPSA) is 66.7 Å². The number of carbonyl (C=O) groups excluding carboxylic acids is 1. The third-order valence-corrected chi connectivity index (χ3v) is 7.30. The number of rotatable bonds is 4. The predicted molar refractivity (Wildman–Crippen MR) is 125 cm³/mol. The van der Waals surface area contributed by atoms with Crippen LogP contribution in [0.25, 0.3) is 0 Å². The maximum Gasteiger partial charge on any atom is 0.418 e. The van der Waals surface area contributed by atoms with Gasteiger partial charge in [0.25, 0.3) is 0 Å². The molecule has 1 aliphatic carbocycles. The molecule has 0 saturated carbocycles. The van der Waals surface area contributed by atoms with E-state index in [4.69, 9.17) is 0 Å². The number of aromatic nitrogens is 1. The predicted octanol–water partition coefficient (Wildman–Crippen LogP) is 6.26. The van der Waals surface area contributed by atoms with E-state index < -0.39 is 17.2 Å². The molecule has 8 heteroatoms. The van der Waals surface area contributed by atoms with Crippen LogP contribution in [0.15, 0.2) is 75.9 Å². The molecule has 182 valence electrons. The Bertz CT molecular complexity index is 1290. The molecule has 2 atom stereocenters. The zero-order valence-corrected chi connectivity index (χ0v) is 19.9. The van der Waals surface area contributed by atoms with Crippen LogP contribution in [-0.2, 0) is 22.8 Å². The Balaban J connectivity index is 1.64. The first kappa shape index (κ1) is 23.5. The summed E-state index contributed by atoms with van der Waals surface area (Å²) in [6.45, 7) is 6.20. The molecule has 2 unspecified atom stereocenters. The van der Waals surface area contributed by atoms with Gasteiger partial charge < -0.3 is 5.32 Å². The summed E-state index contributed by atoms with van der Waals surface area (Å²) in [5, 5.41) is 12.0. The van der Waals surface area contributed by atoms with E-state index in [1.807, 2.05) is 25.1 Å². The maximum atomic E-state index is 13.6.